The Bertz CT molecular complexity index is 742. The Hall–Kier alpha value is -1.85. The Morgan fingerprint density at radius 1 is 1.07 bits per heavy atom. The fraction of sp³-hybridized carbons (Fsp3) is 0.611. The summed E-state index contributed by atoms with van der Waals surface area (Å²) >= 11 is 0. The van der Waals surface area contributed by atoms with Gasteiger partial charge in [0.2, 0.25) is 0 Å². The Kier molecular flexibility index (Phi) is 5.36. The number of hydrogen-bond acceptors (Lipinski definition) is 5. The number of carbonyl (C=O) groups excluding carboxylic acids is 1. The van der Waals surface area contributed by atoms with Crippen molar-refractivity contribution in [1.29, 1.82) is 0 Å². The third-order valence-corrected chi connectivity index (χ3v) is 5.49. The second-order valence-electron chi connectivity index (χ2n) is 9.62. The molecular formula is C18H29B4NO5. The fourth-order valence-corrected chi connectivity index (χ4v) is 3.20. The maximum absolute atomic E-state index is 12.2. The molecule has 1 fully saturated rings. The molecule has 10 heteroatoms. The summed E-state index contributed by atoms with van der Waals surface area (Å²) in [5.74, 6) is 2.19. The SMILES string of the molecule is BC1(B)Oc2ccc(OC3CCN(C(=O)OC(C)(C)C)CC3)cc2OC1(B)B. The van der Waals surface area contributed by atoms with Crippen LogP contribution in [0, 0.1) is 0 Å². The minimum atomic E-state index is -0.474. The summed E-state index contributed by atoms with van der Waals surface area (Å²) in [4.78, 5) is 13.9. The van der Waals surface area contributed by atoms with Crippen LogP contribution in [-0.2, 0) is 4.74 Å². The van der Waals surface area contributed by atoms with Crippen LogP contribution >= 0.6 is 0 Å². The van der Waals surface area contributed by atoms with Gasteiger partial charge < -0.3 is 23.8 Å². The zero-order valence-corrected chi connectivity index (χ0v) is 18.1. The van der Waals surface area contributed by atoms with E-state index in [2.05, 4.69) is 0 Å². The van der Waals surface area contributed by atoms with Crippen LogP contribution in [0.15, 0.2) is 18.2 Å². The Morgan fingerprint density at radius 3 is 2.21 bits per heavy atom. The Balaban J connectivity index is 1.59. The number of benzene rings is 1. The molecule has 1 aromatic carbocycles. The molecule has 0 spiro atoms. The minimum Gasteiger partial charge on any atom is -0.499 e. The van der Waals surface area contributed by atoms with Crippen LogP contribution in [0.2, 0.25) is 0 Å². The first kappa shape index (κ1) is 20.9. The van der Waals surface area contributed by atoms with Gasteiger partial charge in [0.25, 0.3) is 0 Å². The van der Waals surface area contributed by atoms with E-state index in [1.807, 2.05) is 70.4 Å². The number of carbonyl (C=O) groups is 1. The smallest absolute Gasteiger partial charge is 0.410 e. The van der Waals surface area contributed by atoms with E-state index in [1.54, 1.807) is 4.90 Å². The molecule has 0 unspecified atom stereocenters. The van der Waals surface area contributed by atoms with Gasteiger partial charge >= 0.3 is 6.09 Å². The van der Waals surface area contributed by atoms with Crippen molar-refractivity contribution in [3.63, 3.8) is 0 Å². The number of likely N-dealkylation sites (tertiary alicyclic amines) is 1. The summed E-state index contributed by atoms with van der Waals surface area (Å²) in [6, 6.07) is 5.71. The molecule has 148 valence electrons. The van der Waals surface area contributed by atoms with Crippen molar-refractivity contribution in [3.05, 3.63) is 18.2 Å². The number of fused-ring (bicyclic) bond motifs is 1. The summed E-state index contributed by atoms with van der Waals surface area (Å²) in [7, 11) is 8.10. The van der Waals surface area contributed by atoms with Crippen molar-refractivity contribution >= 4 is 37.5 Å². The van der Waals surface area contributed by atoms with E-state index >= 15 is 0 Å². The maximum Gasteiger partial charge on any atom is 0.410 e. The van der Waals surface area contributed by atoms with Crippen molar-refractivity contribution < 1.29 is 23.7 Å². The molecule has 0 saturated carbocycles. The van der Waals surface area contributed by atoms with E-state index in [0.717, 1.165) is 24.3 Å². The molecule has 1 aromatic rings. The normalized spacial score (nSPS) is 21.0. The second-order valence-corrected chi connectivity index (χ2v) is 9.62. The summed E-state index contributed by atoms with van der Waals surface area (Å²) < 4.78 is 23.9. The molecule has 0 N–H and O–H groups in total. The monoisotopic (exact) mass is 383 g/mol. The molecule has 0 aliphatic carbocycles. The molecule has 0 atom stereocenters. The molecule has 0 aromatic heterocycles. The zero-order valence-electron chi connectivity index (χ0n) is 18.1. The molecule has 1 amide bonds. The highest BCUT2D eigenvalue weighted by Gasteiger charge is 2.44. The van der Waals surface area contributed by atoms with Crippen LogP contribution in [0.4, 0.5) is 4.79 Å². The first-order chi connectivity index (χ1) is 12.9. The van der Waals surface area contributed by atoms with Crippen molar-refractivity contribution in [2.24, 2.45) is 0 Å². The van der Waals surface area contributed by atoms with Gasteiger partial charge in [0.1, 0.15) is 48.8 Å². The molecule has 3 rings (SSSR count). The summed E-state index contributed by atoms with van der Waals surface area (Å²) in [5.41, 5.74) is -0.474. The molecule has 2 aliphatic rings. The lowest BCUT2D eigenvalue weighted by molar-refractivity contribution is 0.0125. The molecule has 2 aliphatic heterocycles. The Labute approximate surface area is 171 Å². The number of amides is 1. The van der Waals surface area contributed by atoms with Crippen LogP contribution in [0.5, 0.6) is 17.2 Å². The average Bonchev–Trinajstić information content (AvgIpc) is 2.55. The summed E-state index contributed by atoms with van der Waals surface area (Å²) in [5, 5.41) is -0.867. The molecule has 6 nitrogen and oxygen atoms in total. The lowest BCUT2D eigenvalue weighted by Gasteiger charge is -2.47. The van der Waals surface area contributed by atoms with Crippen molar-refractivity contribution in [2.75, 3.05) is 13.1 Å². The molecule has 2 heterocycles. The topological polar surface area (TPSA) is 57.2 Å². The molecule has 28 heavy (non-hydrogen) atoms. The first-order valence-electron chi connectivity index (χ1n) is 10.0. The first-order valence-corrected chi connectivity index (χ1v) is 10.0. The number of nitrogens with zero attached hydrogens (tertiary/aromatic N) is 1. The highest BCUT2D eigenvalue weighted by molar-refractivity contribution is 6.53. The van der Waals surface area contributed by atoms with Gasteiger partial charge in [0, 0.05) is 32.0 Å². The van der Waals surface area contributed by atoms with Crippen LogP contribution in [-0.4, -0.2) is 78.0 Å². The molecule has 0 bridgehead atoms. The Morgan fingerprint density at radius 2 is 1.64 bits per heavy atom. The lowest BCUT2D eigenvalue weighted by atomic mass is 9.41. The van der Waals surface area contributed by atoms with E-state index in [4.69, 9.17) is 18.9 Å². The zero-order chi connectivity index (χ0) is 20.7. The predicted molar refractivity (Wildman–Crippen MR) is 119 cm³/mol. The van der Waals surface area contributed by atoms with Crippen molar-refractivity contribution in [3.8, 4) is 17.2 Å². The molecule has 1 saturated heterocycles. The van der Waals surface area contributed by atoms with Gasteiger partial charge in [0.15, 0.2) is 11.5 Å². The third-order valence-electron chi connectivity index (χ3n) is 5.49. The van der Waals surface area contributed by atoms with Gasteiger partial charge in [-0.15, -0.1) is 0 Å². The van der Waals surface area contributed by atoms with Crippen LogP contribution in [0.1, 0.15) is 33.6 Å². The maximum atomic E-state index is 12.2. The fourth-order valence-electron chi connectivity index (χ4n) is 3.20. The van der Waals surface area contributed by atoms with E-state index in [-0.39, 0.29) is 12.2 Å². The van der Waals surface area contributed by atoms with Crippen LogP contribution in [0.3, 0.4) is 0 Å². The van der Waals surface area contributed by atoms with Gasteiger partial charge in [-0.05, 0) is 32.9 Å². The third kappa shape index (κ3) is 4.58. The molecule has 0 radical (unpaired) electrons. The van der Waals surface area contributed by atoms with Gasteiger partial charge in [-0.25, -0.2) is 4.79 Å². The van der Waals surface area contributed by atoms with Crippen LogP contribution < -0.4 is 14.2 Å². The average molecular weight is 383 g/mol. The summed E-state index contributed by atoms with van der Waals surface area (Å²) in [6.07, 6.45) is 1.35. The largest absolute Gasteiger partial charge is 0.499 e. The predicted octanol–water partition coefficient (Wildman–Crippen LogP) is -0.924. The second kappa shape index (κ2) is 7.20. The number of piperidine rings is 1. The standard InChI is InChI=1S/C18H29B4NO5/c1-16(2,3)28-15(24)23-8-6-11(7-9-23)25-12-4-5-13-14(10-12)27-18(21,22)17(19,20)26-13/h4-5,10-11H,6-9,19-22H2,1-3H3. The van der Waals surface area contributed by atoms with E-state index in [1.165, 1.54) is 0 Å². The van der Waals surface area contributed by atoms with Gasteiger partial charge in [-0.1, -0.05) is 0 Å². The molecular weight excluding hydrogens is 353 g/mol. The van der Waals surface area contributed by atoms with Gasteiger partial charge in [0.05, 0.1) is 10.8 Å². The summed E-state index contributed by atoms with van der Waals surface area (Å²) in [6.45, 7) is 6.90. The van der Waals surface area contributed by atoms with E-state index < -0.39 is 16.4 Å². The quantitative estimate of drug-likeness (QED) is 0.619. The van der Waals surface area contributed by atoms with Gasteiger partial charge in [-0.2, -0.15) is 0 Å². The minimum absolute atomic E-state index is 0.0608. The van der Waals surface area contributed by atoms with Crippen LogP contribution in [0.25, 0.3) is 0 Å². The van der Waals surface area contributed by atoms with E-state index in [9.17, 15) is 4.79 Å². The lowest BCUT2D eigenvalue weighted by Crippen LogP contribution is -2.65. The van der Waals surface area contributed by atoms with E-state index in [0.29, 0.717) is 18.8 Å². The highest BCUT2D eigenvalue weighted by Crippen LogP contribution is 2.41. The van der Waals surface area contributed by atoms with Crippen molar-refractivity contribution in [1.82, 2.24) is 4.90 Å². The van der Waals surface area contributed by atoms with Gasteiger partial charge in [-0.3, -0.25) is 0 Å². The highest BCUT2D eigenvalue weighted by atomic mass is 16.6. The number of hydrogen-bond donors (Lipinski definition) is 0. The van der Waals surface area contributed by atoms with Crippen molar-refractivity contribution in [2.45, 2.75) is 56.1 Å². The number of ether oxygens (including phenoxy) is 4. The number of rotatable bonds is 2.